The van der Waals surface area contributed by atoms with Gasteiger partial charge in [-0.05, 0) is 30.2 Å². The number of nitro benzene ring substituents is 1. The van der Waals surface area contributed by atoms with Crippen molar-refractivity contribution in [3.63, 3.8) is 0 Å². The summed E-state index contributed by atoms with van der Waals surface area (Å²) < 4.78 is 0. The van der Waals surface area contributed by atoms with E-state index in [1.54, 1.807) is 6.07 Å². The highest BCUT2D eigenvalue weighted by molar-refractivity contribution is 7.99. The molecular weight excluding hydrogens is 320 g/mol. The standard InChI is InChI=1S/C15H20N2O5S/c1-10(2)6-8-23-13-4-3-11(9-12(13)17(21)22)15(20)16-7-5-14(18)19/h3-4,9-10H,5-8H2,1-2H3,(H,16,20)(H,18,19). The topological polar surface area (TPSA) is 110 Å². The van der Waals surface area contributed by atoms with Gasteiger partial charge in [0.1, 0.15) is 0 Å². The number of nitrogens with one attached hydrogen (secondary N) is 1. The fourth-order valence-electron chi connectivity index (χ4n) is 1.71. The number of carbonyl (C=O) groups excluding carboxylic acids is 1. The number of benzene rings is 1. The molecule has 0 unspecified atom stereocenters. The number of carboxylic acid groups (broad SMARTS) is 1. The summed E-state index contributed by atoms with van der Waals surface area (Å²) in [7, 11) is 0. The molecule has 0 atom stereocenters. The lowest BCUT2D eigenvalue weighted by Gasteiger charge is -2.07. The SMILES string of the molecule is CC(C)CCSc1ccc(C(=O)NCCC(=O)O)cc1[N+](=O)[O-]. The van der Waals surface area contributed by atoms with Gasteiger partial charge in [-0.1, -0.05) is 13.8 Å². The van der Waals surface area contributed by atoms with Crippen LogP contribution in [0.5, 0.6) is 0 Å². The van der Waals surface area contributed by atoms with Gasteiger partial charge in [0.2, 0.25) is 0 Å². The quantitative estimate of drug-likeness (QED) is 0.406. The average molecular weight is 340 g/mol. The van der Waals surface area contributed by atoms with Crippen LogP contribution in [-0.4, -0.2) is 34.2 Å². The molecule has 1 aromatic rings. The Morgan fingerprint density at radius 3 is 2.65 bits per heavy atom. The fourth-order valence-corrected chi connectivity index (χ4v) is 2.97. The highest BCUT2D eigenvalue weighted by atomic mass is 32.2. The van der Waals surface area contributed by atoms with Crippen molar-refractivity contribution in [2.45, 2.75) is 31.6 Å². The molecule has 0 aromatic heterocycles. The third-order valence-electron chi connectivity index (χ3n) is 3.00. The molecule has 0 saturated heterocycles. The van der Waals surface area contributed by atoms with E-state index >= 15 is 0 Å². The number of nitro groups is 1. The average Bonchev–Trinajstić information content (AvgIpc) is 2.46. The number of hydrogen-bond acceptors (Lipinski definition) is 5. The summed E-state index contributed by atoms with van der Waals surface area (Å²) in [6, 6.07) is 4.31. The van der Waals surface area contributed by atoms with Crippen molar-refractivity contribution >= 4 is 29.3 Å². The molecule has 0 aliphatic heterocycles. The molecule has 1 rings (SSSR count). The Bertz CT molecular complexity index is 589. The molecular formula is C15H20N2O5S. The van der Waals surface area contributed by atoms with Gasteiger partial charge in [0.05, 0.1) is 16.2 Å². The third kappa shape index (κ3) is 6.68. The molecule has 0 spiro atoms. The van der Waals surface area contributed by atoms with Crippen LogP contribution < -0.4 is 5.32 Å². The van der Waals surface area contributed by atoms with Gasteiger partial charge in [0.15, 0.2) is 0 Å². The second kappa shape index (κ2) is 9.14. The van der Waals surface area contributed by atoms with Crippen molar-refractivity contribution in [3.8, 4) is 0 Å². The number of thioether (sulfide) groups is 1. The van der Waals surface area contributed by atoms with Crippen molar-refractivity contribution in [1.29, 1.82) is 0 Å². The predicted octanol–water partition coefficient (Wildman–Crippen LogP) is 2.94. The van der Waals surface area contributed by atoms with Gasteiger partial charge in [0, 0.05) is 18.2 Å². The van der Waals surface area contributed by atoms with Gasteiger partial charge in [-0.25, -0.2) is 0 Å². The smallest absolute Gasteiger partial charge is 0.305 e. The summed E-state index contributed by atoms with van der Waals surface area (Å²) in [6.07, 6.45) is 0.746. The predicted molar refractivity (Wildman–Crippen MR) is 87.9 cm³/mol. The largest absolute Gasteiger partial charge is 0.481 e. The Labute approximate surface area is 138 Å². The van der Waals surface area contributed by atoms with E-state index in [9.17, 15) is 19.7 Å². The maximum Gasteiger partial charge on any atom is 0.305 e. The van der Waals surface area contributed by atoms with Crippen LogP contribution in [-0.2, 0) is 4.79 Å². The molecule has 0 radical (unpaired) electrons. The first-order chi connectivity index (χ1) is 10.8. The summed E-state index contributed by atoms with van der Waals surface area (Å²) in [4.78, 5) is 33.5. The van der Waals surface area contributed by atoms with E-state index in [0.717, 1.165) is 12.2 Å². The second-order valence-electron chi connectivity index (χ2n) is 5.37. The first-order valence-electron chi connectivity index (χ1n) is 7.22. The van der Waals surface area contributed by atoms with Crippen molar-refractivity contribution in [2.75, 3.05) is 12.3 Å². The zero-order chi connectivity index (χ0) is 17.4. The van der Waals surface area contributed by atoms with Crippen LogP contribution in [0.1, 0.15) is 37.0 Å². The molecule has 23 heavy (non-hydrogen) atoms. The first-order valence-corrected chi connectivity index (χ1v) is 8.21. The molecule has 7 nitrogen and oxygen atoms in total. The minimum Gasteiger partial charge on any atom is -0.481 e. The van der Waals surface area contributed by atoms with Gasteiger partial charge in [-0.15, -0.1) is 11.8 Å². The van der Waals surface area contributed by atoms with Crippen molar-refractivity contribution in [3.05, 3.63) is 33.9 Å². The molecule has 0 fully saturated rings. The lowest BCUT2D eigenvalue weighted by atomic mass is 10.2. The van der Waals surface area contributed by atoms with Crippen LogP contribution in [0.3, 0.4) is 0 Å². The van der Waals surface area contributed by atoms with Gasteiger partial charge in [-0.3, -0.25) is 19.7 Å². The van der Waals surface area contributed by atoms with Crippen molar-refractivity contribution in [2.24, 2.45) is 5.92 Å². The van der Waals surface area contributed by atoms with E-state index in [0.29, 0.717) is 10.8 Å². The fraction of sp³-hybridized carbons (Fsp3) is 0.467. The molecule has 126 valence electrons. The molecule has 1 aromatic carbocycles. The van der Waals surface area contributed by atoms with Crippen LogP contribution in [0, 0.1) is 16.0 Å². The second-order valence-corrected chi connectivity index (χ2v) is 6.51. The highest BCUT2D eigenvalue weighted by Gasteiger charge is 2.18. The molecule has 8 heteroatoms. The van der Waals surface area contributed by atoms with E-state index in [1.165, 1.54) is 23.9 Å². The molecule has 1 amide bonds. The Kier molecular flexibility index (Phi) is 7.53. The number of nitrogens with zero attached hydrogens (tertiary/aromatic N) is 1. The van der Waals surface area contributed by atoms with E-state index in [-0.39, 0.29) is 24.2 Å². The van der Waals surface area contributed by atoms with Crippen LogP contribution in [0.25, 0.3) is 0 Å². The summed E-state index contributed by atoms with van der Waals surface area (Å²) in [5.74, 6) is -0.259. The summed E-state index contributed by atoms with van der Waals surface area (Å²) in [5, 5.41) is 22.1. The third-order valence-corrected chi connectivity index (χ3v) is 4.09. The molecule has 0 aliphatic rings. The molecule has 0 heterocycles. The van der Waals surface area contributed by atoms with Crippen LogP contribution >= 0.6 is 11.8 Å². The molecule has 0 aliphatic carbocycles. The summed E-state index contributed by atoms with van der Waals surface area (Å²) in [5.41, 5.74) is 0.0416. The number of hydrogen-bond donors (Lipinski definition) is 2. The number of carboxylic acids is 1. The number of carbonyl (C=O) groups is 2. The van der Waals surface area contributed by atoms with Gasteiger partial charge < -0.3 is 10.4 Å². The molecule has 0 saturated carbocycles. The molecule has 2 N–H and O–H groups in total. The van der Waals surface area contributed by atoms with Gasteiger partial charge in [-0.2, -0.15) is 0 Å². The lowest BCUT2D eigenvalue weighted by Crippen LogP contribution is -2.26. The zero-order valence-electron chi connectivity index (χ0n) is 13.1. The van der Waals surface area contributed by atoms with Crippen molar-refractivity contribution < 1.29 is 19.6 Å². The Morgan fingerprint density at radius 1 is 1.39 bits per heavy atom. The van der Waals surface area contributed by atoms with Crippen LogP contribution in [0.15, 0.2) is 23.1 Å². The first kappa shape index (κ1) is 19.0. The highest BCUT2D eigenvalue weighted by Crippen LogP contribution is 2.31. The maximum absolute atomic E-state index is 11.9. The Balaban J connectivity index is 2.79. The number of amides is 1. The Hall–Kier alpha value is -2.09. The minimum absolute atomic E-state index is 0.0210. The zero-order valence-corrected chi connectivity index (χ0v) is 13.9. The lowest BCUT2D eigenvalue weighted by molar-refractivity contribution is -0.387. The summed E-state index contributed by atoms with van der Waals surface area (Å²) >= 11 is 1.39. The summed E-state index contributed by atoms with van der Waals surface area (Å²) in [6.45, 7) is 4.14. The van der Waals surface area contributed by atoms with Crippen molar-refractivity contribution in [1.82, 2.24) is 5.32 Å². The normalized spacial score (nSPS) is 10.6. The van der Waals surface area contributed by atoms with E-state index in [4.69, 9.17) is 5.11 Å². The number of rotatable bonds is 9. The van der Waals surface area contributed by atoms with E-state index in [2.05, 4.69) is 19.2 Å². The van der Waals surface area contributed by atoms with Crippen LogP contribution in [0.2, 0.25) is 0 Å². The van der Waals surface area contributed by atoms with E-state index < -0.39 is 16.8 Å². The van der Waals surface area contributed by atoms with Crippen LogP contribution in [0.4, 0.5) is 5.69 Å². The van der Waals surface area contributed by atoms with Gasteiger partial charge >= 0.3 is 5.97 Å². The van der Waals surface area contributed by atoms with Gasteiger partial charge in [0.25, 0.3) is 11.6 Å². The molecule has 0 bridgehead atoms. The van der Waals surface area contributed by atoms with E-state index in [1.807, 2.05) is 0 Å². The minimum atomic E-state index is -1.02. The number of aliphatic carboxylic acids is 1. The monoisotopic (exact) mass is 340 g/mol. The maximum atomic E-state index is 11.9. The Morgan fingerprint density at radius 2 is 2.09 bits per heavy atom.